The number of hydrogen-bond donors (Lipinski definition) is 1. The minimum Gasteiger partial charge on any atom is -0.357 e. The molecule has 6 nitrogen and oxygen atoms in total. The average molecular weight is 344 g/mol. The summed E-state index contributed by atoms with van der Waals surface area (Å²) in [5, 5.41) is 13.9. The third-order valence-corrected chi connectivity index (χ3v) is 3.13. The van der Waals surface area contributed by atoms with Gasteiger partial charge in [-0.1, -0.05) is 15.9 Å². The zero-order valence-electron chi connectivity index (χ0n) is 11.7. The van der Waals surface area contributed by atoms with Gasteiger partial charge >= 0.3 is 0 Å². The van der Waals surface area contributed by atoms with Crippen molar-refractivity contribution < 1.29 is 9.72 Å². The molecule has 0 aromatic heterocycles. The molecule has 0 aliphatic rings. The zero-order valence-corrected chi connectivity index (χ0v) is 13.3. The Labute approximate surface area is 126 Å². The number of nitro groups is 1. The van der Waals surface area contributed by atoms with Crippen LogP contribution in [0, 0.1) is 10.1 Å². The second-order valence-corrected chi connectivity index (χ2v) is 5.54. The minimum atomic E-state index is -0.441. The standard InChI is InChI=1S/C13H18BrN3O3/c1-4-16(8-13(18)15-9(2)3)11-6-5-10(14)7-12(11)17(19)20/h5-7,9H,4,8H2,1-3H3,(H,15,18). The fourth-order valence-corrected chi connectivity index (χ4v) is 2.17. The first-order valence-corrected chi connectivity index (χ1v) is 7.12. The third kappa shape index (κ3) is 4.48. The van der Waals surface area contributed by atoms with Crippen molar-refractivity contribution in [1.82, 2.24) is 5.32 Å². The molecule has 0 saturated carbocycles. The summed E-state index contributed by atoms with van der Waals surface area (Å²) in [6, 6.07) is 4.86. The number of rotatable bonds is 6. The number of hydrogen-bond acceptors (Lipinski definition) is 4. The molecular formula is C13H18BrN3O3. The fraction of sp³-hybridized carbons (Fsp3) is 0.462. The van der Waals surface area contributed by atoms with E-state index in [0.29, 0.717) is 16.7 Å². The van der Waals surface area contributed by atoms with Crippen molar-refractivity contribution in [3.05, 3.63) is 32.8 Å². The van der Waals surface area contributed by atoms with Crippen LogP contribution in [0.4, 0.5) is 11.4 Å². The highest BCUT2D eigenvalue weighted by Gasteiger charge is 2.20. The lowest BCUT2D eigenvalue weighted by Gasteiger charge is -2.23. The van der Waals surface area contributed by atoms with Crippen LogP contribution in [-0.4, -0.2) is 30.0 Å². The summed E-state index contributed by atoms with van der Waals surface area (Å²) in [6.07, 6.45) is 0. The number of carbonyl (C=O) groups is 1. The molecule has 1 rings (SSSR count). The van der Waals surface area contributed by atoms with E-state index in [-0.39, 0.29) is 24.2 Å². The topological polar surface area (TPSA) is 75.5 Å². The normalized spacial score (nSPS) is 10.4. The molecule has 0 radical (unpaired) electrons. The smallest absolute Gasteiger partial charge is 0.293 e. The van der Waals surface area contributed by atoms with Crippen LogP contribution in [0.1, 0.15) is 20.8 Å². The number of benzene rings is 1. The molecule has 0 aliphatic carbocycles. The number of likely N-dealkylation sites (N-methyl/N-ethyl adjacent to an activating group) is 1. The van der Waals surface area contributed by atoms with Gasteiger partial charge in [0.1, 0.15) is 5.69 Å². The van der Waals surface area contributed by atoms with Crippen molar-refractivity contribution in [3.8, 4) is 0 Å². The van der Waals surface area contributed by atoms with Gasteiger partial charge in [-0.2, -0.15) is 0 Å². The maximum absolute atomic E-state index is 11.8. The number of anilines is 1. The Morgan fingerprint density at radius 3 is 2.65 bits per heavy atom. The van der Waals surface area contributed by atoms with Gasteiger partial charge in [0, 0.05) is 23.1 Å². The van der Waals surface area contributed by atoms with Gasteiger partial charge in [-0.25, -0.2) is 0 Å². The number of nitrogens with zero attached hydrogens (tertiary/aromatic N) is 2. The van der Waals surface area contributed by atoms with Gasteiger partial charge in [0.2, 0.25) is 5.91 Å². The predicted molar refractivity (Wildman–Crippen MR) is 82.0 cm³/mol. The molecule has 0 atom stereocenters. The minimum absolute atomic E-state index is 0.0152. The molecule has 0 heterocycles. The summed E-state index contributed by atoms with van der Waals surface area (Å²) >= 11 is 3.22. The highest BCUT2D eigenvalue weighted by Crippen LogP contribution is 2.30. The molecule has 0 saturated heterocycles. The van der Waals surface area contributed by atoms with Crippen molar-refractivity contribution in [1.29, 1.82) is 0 Å². The zero-order chi connectivity index (χ0) is 15.3. The van der Waals surface area contributed by atoms with Crippen LogP contribution in [0.15, 0.2) is 22.7 Å². The molecule has 0 fully saturated rings. The Hall–Kier alpha value is -1.63. The molecule has 20 heavy (non-hydrogen) atoms. The molecule has 0 spiro atoms. The molecule has 1 N–H and O–H groups in total. The number of halogens is 1. The van der Waals surface area contributed by atoms with Crippen LogP contribution in [0.2, 0.25) is 0 Å². The van der Waals surface area contributed by atoms with Crippen LogP contribution in [-0.2, 0) is 4.79 Å². The summed E-state index contributed by atoms with van der Waals surface area (Å²) in [7, 11) is 0. The number of amides is 1. The van der Waals surface area contributed by atoms with E-state index in [0.717, 1.165) is 0 Å². The summed E-state index contributed by atoms with van der Waals surface area (Å²) in [6.45, 7) is 6.20. The Morgan fingerprint density at radius 2 is 2.15 bits per heavy atom. The van der Waals surface area contributed by atoms with E-state index in [1.807, 2.05) is 20.8 Å². The SMILES string of the molecule is CCN(CC(=O)NC(C)C)c1ccc(Br)cc1[N+](=O)[O-]. The van der Waals surface area contributed by atoms with Crippen LogP contribution < -0.4 is 10.2 Å². The van der Waals surface area contributed by atoms with E-state index in [2.05, 4.69) is 21.2 Å². The van der Waals surface area contributed by atoms with Crippen LogP contribution in [0.5, 0.6) is 0 Å². The lowest BCUT2D eigenvalue weighted by atomic mass is 10.2. The van der Waals surface area contributed by atoms with E-state index in [1.165, 1.54) is 6.07 Å². The predicted octanol–water partition coefficient (Wildman–Crippen LogP) is 2.71. The van der Waals surface area contributed by atoms with Crippen molar-refractivity contribution in [2.24, 2.45) is 0 Å². The summed E-state index contributed by atoms with van der Waals surface area (Å²) < 4.78 is 0.635. The Bertz CT molecular complexity index is 506. The van der Waals surface area contributed by atoms with Gasteiger partial charge in [0.05, 0.1) is 11.5 Å². The van der Waals surface area contributed by atoms with Crippen LogP contribution in [0.3, 0.4) is 0 Å². The van der Waals surface area contributed by atoms with Gasteiger partial charge in [0.15, 0.2) is 0 Å². The van der Waals surface area contributed by atoms with Gasteiger partial charge in [-0.15, -0.1) is 0 Å². The Kier molecular flexibility index (Phi) is 5.94. The highest BCUT2D eigenvalue weighted by atomic mass is 79.9. The van der Waals surface area contributed by atoms with Gasteiger partial charge in [-0.3, -0.25) is 14.9 Å². The first-order valence-electron chi connectivity index (χ1n) is 6.33. The second-order valence-electron chi connectivity index (χ2n) is 4.63. The van der Waals surface area contributed by atoms with E-state index in [4.69, 9.17) is 0 Å². The lowest BCUT2D eigenvalue weighted by molar-refractivity contribution is -0.384. The average Bonchev–Trinajstić information content (AvgIpc) is 2.35. The maximum atomic E-state index is 11.8. The fourth-order valence-electron chi connectivity index (χ4n) is 1.82. The largest absolute Gasteiger partial charge is 0.357 e. The Balaban J connectivity index is 3.00. The van der Waals surface area contributed by atoms with E-state index < -0.39 is 4.92 Å². The molecule has 0 unspecified atom stereocenters. The molecule has 1 amide bonds. The van der Waals surface area contributed by atoms with Gasteiger partial charge in [-0.05, 0) is 32.9 Å². The molecule has 0 bridgehead atoms. The molecule has 110 valence electrons. The van der Waals surface area contributed by atoms with E-state index >= 15 is 0 Å². The number of nitro benzene ring substituents is 1. The number of nitrogens with one attached hydrogen (secondary N) is 1. The molecular weight excluding hydrogens is 326 g/mol. The number of carbonyl (C=O) groups excluding carboxylic acids is 1. The monoisotopic (exact) mass is 343 g/mol. The second kappa shape index (κ2) is 7.23. The molecule has 0 aliphatic heterocycles. The summed E-state index contributed by atoms with van der Waals surface area (Å²) in [5.74, 6) is -0.154. The van der Waals surface area contributed by atoms with E-state index in [1.54, 1.807) is 17.0 Å². The first kappa shape index (κ1) is 16.4. The molecule has 7 heteroatoms. The van der Waals surface area contributed by atoms with Crippen molar-refractivity contribution in [3.63, 3.8) is 0 Å². The third-order valence-electron chi connectivity index (χ3n) is 2.64. The molecule has 1 aromatic carbocycles. The van der Waals surface area contributed by atoms with Gasteiger partial charge < -0.3 is 10.2 Å². The van der Waals surface area contributed by atoms with Crippen LogP contribution >= 0.6 is 15.9 Å². The van der Waals surface area contributed by atoms with Crippen molar-refractivity contribution >= 4 is 33.2 Å². The quantitative estimate of drug-likeness (QED) is 0.636. The highest BCUT2D eigenvalue weighted by molar-refractivity contribution is 9.10. The summed E-state index contributed by atoms with van der Waals surface area (Å²) in [4.78, 5) is 24.2. The van der Waals surface area contributed by atoms with Crippen molar-refractivity contribution in [2.75, 3.05) is 18.0 Å². The maximum Gasteiger partial charge on any atom is 0.293 e. The molecule has 1 aromatic rings. The van der Waals surface area contributed by atoms with Crippen molar-refractivity contribution in [2.45, 2.75) is 26.8 Å². The van der Waals surface area contributed by atoms with E-state index in [9.17, 15) is 14.9 Å². The van der Waals surface area contributed by atoms with Gasteiger partial charge in [0.25, 0.3) is 5.69 Å². The Morgan fingerprint density at radius 1 is 1.50 bits per heavy atom. The first-order chi connectivity index (χ1) is 9.35. The van der Waals surface area contributed by atoms with Crippen LogP contribution in [0.25, 0.3) is 0 Å². The summed E-state index contributed by atoms with van der Waals surface area (Å²) in [5.41, 5.74) is 0.429. The lowest BCUT2D eigenvalue weighted by Crippen LogP contribution is -2.40.